The molecule has 0 aromatic carbocycles. The molecule has 0 aromatic heterocycles. The van der Waals surface area contributed by atoms with Crippen molar-refractivity contribution in [1.82, 2.24) is 5.32 Å². The monoisotopic (exact) mass is 177 g/mol. The summed E-state index contributed by atoms with van der Waals surface area (Å²) in [5.41, 5.74) is 0.0262. The molecule has 0 spiro atoms. The van der Waals surface area contributed by atoms with Gasteiger partial charge in [0.1, 0.15) is 0 Å². The quantitative estimate of drug-likeness (QED) is 0.593. The molecule has 0 amide bonds. The third kappa shape index (κ3) is 6.66. The molecule has 0 heterocycles. The van der Waals surface area contributed by atoms with Gasteiger partial charge < -0.3 is 10.4 Å². The Balaban J connectivity index is 3.23. The van der Waals surface area contributed by atoms with Crippen LogP contribution in [0, 0.1) is 5.41 Å². The summed E-state index contributed by atoms with van der Waals surface area (Å²) in [5, 5.41) is 12.2. The fourth-order valence-electron chi connectivity index (χ4n) is 0.657. The maximum absolute atomic E-state index is 8.91. The number of nitrogens with one attached hydrogen (secondary N) is 1. The number of hydrogen-bond acceptors (Lipinski definition) is 3. The standard InChI is InChI=1S/C8H19NOS/c1-8(2,7-10)6-9-4-5-11-3/h9-10H,4-7H2,1-3H3. The van der Waals surface area contributed by atoms with Gasteiger partial charge in [0.15, 0.2) is 0 Å². The van der Waals surface area contributed by atoms with Gasteiger partial charge in [-0.3, -0.25) is 0 Å². The Kier molecular flexibility index (Phi) is 6.01. The van der Waals surface area contributed by atoms with Gasteiger partial charge in [0, 0.05) is 30.9 Å². The summed E-state index contributed by atoms with van der Waals surface area (Å²) in [6.45, 7) is 6.28. The first-order valence-corrected chi connectivity index (χ1v) is 5.32. The molecule has 0 rings (SSSR count). The van der Waals surface area contributed by atoms with Crippen molar-refractivity contribution in [3.05, 3.63) is 0 Å². The normalized spacial score (nSPS) is 12.0. The SMILES string of the molecule is CSCCNCC(C)(C)CO. The molecule has 0 atom stereocenters. The van der Waals surface area contributed by atoms with Gasteiger partial charge in [0.25, 0.3) is 0 Å². The number of hydrogen-bond donors (Lipinski definition) is 2. The van der Waals surface area contributed by atoms with E-state index in [9.17, 15) is 0 Å². The van der Waals surface area contributed by atoms with Crippen LogP contribution in [0.25, 0.3) is 0 Å². The highest BCUT2D eigenvalue weighted by Crippen LogP contribution is 2.10. The molecule has 0 aliphatic heterocycles. The molecule has 0 aliphatic carbocycles. The molecule has 68 valence electrons. The average Bonchev–Trinajstić information content (AvgIpc) is 1.99. The molecule has 0 aliphatic rings. The Hall–Kier alpha value is 0.270. The fourth-order valence-corrected chi connectivity index (χ4v) is 1.01. The minimum Gasteiger partial charge on any atom is -0.396 e. The Bertz CT molecular complexity index is 96.1. The largest absolute Gasteiger partial charge is 0.396 e. The molecular formula is C8H19NOS. The van der Waals surface area contributed by atoms with Crippen molar-refractivity contribution in [3.63, 3.8) is 0 Å². The molecule has 0 bridgehead atoms. The highest BCUT2D eigenvalue weighted by Gasteiger charge is 2.14. The summed E-state index contributed by atoms with van der Waals surface area (Å²) in [6.07, 6.45) is 2.10. The zero-order valence-electron chi connectivity index (χ0n) is 7.68. The molecule has 2 nitrogen and oxygen atoms in total. The van der Waals surface area contributed by atoms with Crippen LogP contribution < -0.4 is 5.32 Å². The lowest BCUT2D eigenvalue weighted by Gasteiger charge is -2.21. The smallest absolute Gasteiger partial charge is 0.0494 e. The molecule has 0 aromatic rings. The van der Waals surface area contributed by atoms with Crippen LogP contribution in [0.4, 0.5) is 0 Å². The number of aliphatic hydroxyl groups is 1. The molecule has 0 saturated heterocycles. The van der Waals surface area contributed by atoms with Gasteiger partial charge in [-0.15, -0.1) is 0 Å². The molecular weight excluding hydrogens is 158 g/mol. The first kappa shape index (κ1) is 11.3. The number of thioether (sulfide) groups is 1. The van der Waals surface area contributed by atoms with Crippen molar-refractivity contribution in [2.45, 2.75) is 13.8 Å². The van der Waals surface area contributed by atoms with Gasteiger partial charge in [-0.2, -0.15) is 11.8 Å². The highest BCUT2D eigenvalue weighted by molar-refractivity contribution is 7.98. The van der Waals surface area contributed by atoms with Crippen LogP contribution in [0.15, 0.2) is 0 Å². The molecule has 0 radical (unpaired) electrons. The van der Waals surface area contributed by atoms with E-state index in [4.69, 9.17) is 5.11 Å². The van der Waals surface area contributed by atoms with E-state index in [-0.39, 0.29) is 12.0 Å². The summed E-state index contributed by atoms with van der Waals surface area (Å²) in [6, 6.07) is 0. The van der Waals surface area contributed by atoms with E-state index < -0.39 is 0 Å². The second-order valence-corrected chi connectivity index (χ2v) is 4.48. The van der Waals surface area contributed by atoms with Crippen molar-refractivity contribution in [2.24, 2.45) is 5.41 Å². The molecule has 11 heavy (non-hydrogen) atoms. The van der Waals surface area contributed by atoms with Crippen molar-refractivity contribution in [2.75, 3.05) is 31.7 Å². The minimum atomic E-state index is 0.0262. The van der Waals surface area contributed by atoms with Crippen LogP contribution in [0.2, 0.25) is 0 Å². The Morgan fingerprint density at radius 2 is 2.09 bits per heavy atom. The van der Waals surface area contributed by atoms with Gasteiger partial charge in [0.2, 0.25) is 0 Å². The number of rotatable bonds is 6. The van der Waals surface area contributed by atoms with Gasteiger partial charge in [-0.25, -0.2) is 0 Å². The zero-order valence-corrected chi connectivity index (χ0v) is 8.50. The van der Waals surface area contributed by atoms with E-state index in [1.54, 1.807) is 0 Å². The van der Waals surface area contributed by atoms with E-state index in [0.29, 0.717) is 0 Å². The van der Waals surface area contributed by atoms with Crippen molar-refractivity contribution >= 4 is 11.8 Å². The summed E-state index contributed by atoms with van der Waals surface area (Å²) >= 11 is 1.83. The first-order valence-electron chi connectivity index (χ1n) is 3.93. The van der Waals surface area contributed by atoms with E-state index in [0.717, 1.165) is 18.8 Å². The van der Waals surface area contributed by atoms with Gasteiger partial charge in [-0.05, 0) is 6.26 Å². The van der Waals surface area contributed by atoms with Crippen LogP contribution in [0.5, 0.6) is 0 Å². The van der Waals surface area contributed by atoms with Crippen LogP contribution in [-0.4, -0.2) is 36.8 Å². The summed E-state index contributed by atoms with van der Waals surface area (Å²) < 4.78 is 0. The van der Waals surface area contributed by atoms with E-state index in [1.807, 2.05) is 11.8 Å². The molecule has 2 N–H and O–H groups in total. The lowest BCUT2D eigenvalue weighted by molar-refractivity contribution is 0.158. The topological polar surface area (TPSA) is 32.3 Å². The molecule has 0 saturated carbocycles. The van der Waals surface area contributed by atoms with Crippen LogP contribution >= 0.6 is 11.8 Å². The second kappa shape index (κ2) is 5.86. The van der Waals surface area contributed by atoms with Crippen molar-refractivity contribution in [1.29, 1.82) is 0 Å². The zero-order chi connectivity index (χ0) is 8.74. The van der Waals surface area contributed by atoms with Gasteiger partial charge >= 0.3 is 0 Å². The average molecular weight is 177 g/mol. The van der Waals surface area contributed by atoms with E-state index >= 15 is 0 Å². The molecule has 3 heteroatoms. The van der Waals surface area contributed by atoms with Gasteiger partial charge in [0.05, 0.1) is 0 Å². The summed E-state index contributed by atoms with van der Waals surface area (Å²) in [4.78, 5) is 0. The summed E-state index contributed by atoms with van der Waals surface area (Å²) in [7, 11) is 0. The lowest BCUT2D eigenvalue weighted by Crippen LogP contribution is -2.33. The lowest BCUT2D eigenvalue weighted by atomic mass is 9.95. The van der Waals surface area contributed by atoms with Gasteiger partial charge in [-0.1, -0.05) is 13.8 Å². The summed E-state index contributed by atoms with van der Waals surface area (Å²) in [5.74, 6) is 1.14. The minimum absolute atomic E-state index is 0.0262. The molecule has 0 unspecified atom stereocenters. The molecule has 0 fully saturated rings. The predicted octanol–water partition coefficient (Wildman–Crippen LogP) is 0.957. The Morgan fingerprint density at radius 1 is 1.45 bits per heavy atom. The van der Waals surface area contributed by atoms with Crippen molar-refractivity contribution < 1.29 is 5.11 Å². The maximum Gasteiger partial charge on any atom is 0.0494 e. The Labute approximate surface area is 73.8 Å². The van der Waals surface area contributed by atoms with Crippen molar-refractivity contribution in [3.8, 4) is 0 Å². The van der Waals surface area contributed by atoms with Crippen LogP contribution in [-0.2, 0) is 0 Å². The van der Waals surface area contributed by atoms with E-state index in [1.165, 1.54) is 0 Å². The first-order chi connectivity index (χ1) is 5.12. The fraction of sp³-hybridized carbons (Fsp3) is 1.00. The van der Waals surface area contributed by atoms with Crippen LogP contribution in [0.1, 0.15) is 13.8 Å². The maximum atomic E-state index is 8.91. The number of aliphatic hydroxyl groups excluding tert-OH is 1. The Morgan fingerprint density at radius 3 is 2.55 bits per heavy atom. The highest BCUT2D eigenvalue weighted by atomic mass is 32.2. The predicted molar refractivity (Wildman–Crippen MR) is 52.1 cm³/mol. The third-order valence-corrected chi connectivity index (χ3v) is 2.13. The third-order valence-electron chi connectivity index (χ3n) is 1.51. The van der Waals surface area contributed by atoms with E-state index in [2.05, 4.69) is 25.4 Å². The second-order valence-electron chi connectivity index (χ2n) is 3.49. The van der Waals surface area contributed by atoms with Crippen LogP contribution in [0.3, 0.4) is 0 Å².